The summed E-state index contributed by atoms with van der Waals surface area (Å²) in [4.78, 5) is 6.72. The van der Waals surface area contributed by atoms with Crippen molar-refractivity contribution in [3.63, 3.8) is 0 Å². The van der Waals surface area contributed by atoms with Crippen LogP contribution >= 0.6 is 0 Å². The van der Waals surface area contributed by atoms with Gasteiger partial charge in [0.15, 0.2) is 0 Å². The van der Waals surface area contributed by atoms with Gasteiger partial charge in [0.2, 0.25) is 0 Å². The predicted octanol–water partition coefficient (Wildman–Crippen LogP) is 3.29. The molecule has 0 aromatic carbocycles. The van der Waals surface area contributed by atoms with Crippen LogP contribution in [0.5, 0.6) is 0 Å². The molecule has 0 radical (unpaired) electrons. The Balaban J connectivity index is 1.20. The van der Waals surface area contributed by atoms with Gasteiger partial charge in [-0.15, -0.1) is 0 Å². The minimum absolute atomic E-state index is 0.117. The maximum absolute atomic E-state index is 6.34. The highest BCUT2D eigenvalue weighted by Crippen LogP contribution is 2.42. The molecule has 3 fully saturated rings. The van der Waals surface area contributed by atoms with Gasteiger partial charge in [-0.25, -0.2) is 0 Å². The lowest BCUT2D eigenvalue weighted by Crippen LogP contribution is -2.49. The van der Waals surface area contributed by atoms with E-state index in [2.05, 4.69) is 9.88 Å². The van der Waals surface area contributed by atoms with E-state index in [-0.39, 0.29) is 5.60 Å². The molecule has 0 bridgehead atoms. The summed E-state index contributed by atoms with van der Waals surface area (Å²) in [5.41, 5.74) is 1.32. The molecule has 3 aliphatic heterocycles. The fourth-order valence-electron chi connectivity index (χ4n) is 5.05. The van der Waals surface area contributed by atoms with Crippen LogP contribution in [-0.4, -0.2) is 61.5 Å². The van der Waals surface area contributed by atoms with Gasteiger partial charge in [0.1, 0.15) is 0 Å². The Bertz CT molecular complexity index is 554. The molecule has 3 saturated heterocycles. The van der Waals surface area contributed by atoms with Crippen LogP contribution in [0.2, 0.25) is 0 Å². The first-order valence-electron chi connectivity index (χ1n) is 10.7. The first-order chi connectivity index (χ1) is 13.3. The molecule has 1 aromatic rings. The van der Waals surface area contributed by atoms with E-state index in [0.717, 1.165) is 38.8 Å². The van der Waals surface area contributed by atoms with Crippen LogP contribution in [-0.2, 0) is 20.8 Å². The molecule has 1 aromatic heterocycles. The Kier molecular flexibility index (Phi) is 6.77. The summed E-state index contributed by atoms with van der Waals surface area (Å²) in [5, 5.41) is 0. The molecule has 0 N–H and O–H groups in total. The van der Waals surface area contributed by atoms with Crippen LogP contribution in [0, 0.1) is 11.8 Å². The Morgan fingerprint density at radius 1 is 1.07 bits per heavy atom. The first kappa shape index (κ1) is 19.3. The molecule has 5 nitrogen and oxygen atoms in total. The molecule has 0 amide bonds. The highest BCUT2D eigenvalue weighted by molar-refractivity contribution is 5.07. The number of pyridine rings is 1. The lowest BCUT2D eigenvalue weighted by atomic mass is 9.78. The standard InChI is InChI=1S/C22H34N2O3/c1-9-23-10-2-20(1)18-26-15-5-21-6-16-27-22(21)7-11-24(12-8-22)17-19-3-13-25-14-4-19/h1-2,9-10,19,21H,3-8,11-18H2/t21-/m1/s1. The molecule has 27 heavy (non-hydrogen) atoms. The molecule has 0 unspecified atom stereocenters. The molecule has 5 heteroatoms. The van der Waals surface area contributed by atoms with Crippen molar-refractivity contribution in [3.05, 3.63) is 30.1 Å². The van der Waals surface area contributed by atoms with Crippen LogP contribution in [0.1, 0.15) is 44.1 Å². The summed E-state index contributed by atoms with van der Waals surface area (Å²) in [6.07, 6.45) is 10.8. The molecule has 3 aliphatic rings. The van der Waals surface area contributed by atoms with Gasteiger partial charge in [0, 0.05) is 58.5 Å². The van der Waals surface area contributed by atoms with Gasteiger partial charge >= 0.3 is 0 Å². The Morgan fingerprint density at radius 2 is 1.85 bits per heavy atom. The molecule has 1 atom stereocenters. The average Bonchev–Trinajstić information content (AvgIpc) is 3.11. The van der Waals surface area contributed by atoms with Gasteiger partial charge in [0.25, 0.3) is 0 Å². The van der Waals surface area contributed by atoms with Gasteiger partial charge in [0.05, 0.1) is 12.2 Å². The van der Waals surface area contributed by atoms with Crippen molar-refractivity contribution in [1.82, 2.24) is 9.88 Å². The number of hydrogen-bond donors (Lipinski definition) is 0. The second kappa shape index (κ2) is 9.46. The van der Waals surface area contributed by atoms with E-state index in [4.69, 9.17) is 14.2 Å². The fraction of sp³-hybridized carbons (Fsp3) is 0.773. The van der Waals surface area contributed by atoms with Crippen molar-refractivity contribution < 1.29 is 14.2 Å². The van der Waals surface area contributed by atoms with Crippen molar-refractivity contribution in [2.75, 3.05) is 46.1 Å². The predicted molar refractivity (Wildman–Crippen MR) is 105 cm³/mol. The second-order valence-corrected chi connectivity index (χ2v) is 8.45. The van der Waals surface area contributed by atoms with Crippen LogP contribution in [0.3, 0.4) is 0 Å². The van der Waals surface area contributed by atoms with Crippen LogP contribution in [0.25, 0.3) is 0 Å². The van der Waals surface area contributed by atoms with Crippen molar-refractivity contribution in [2.45, 2.75) is 50.7 Å². The van der Waals surface area contributed by atoms with Crippen LogP contribution in [0.15, 0.2) is 24.5 Å². The number of hydrogen-bond acceptors (Lipinski definition) is 5. The van der Waals surface area contributed by atoms with E-state index < -0.39 is 0 Å². The summed E-state index contributed by atoms with van der Waals surface area (Å²) in [5.74, 6) is 1.48. The zero-order valence-corrected chi connectivity index (χ0v) is 16.5. The number of rotatable bonds is 7. The molecule has 1 spiro atoms. The molecular weight excluding hydrogens is 340 g/mol. The minimum Gasteiger partial charge on any atom is -0.381 e. The number of nitrogens with zero attached hydrogens (tertiary/aromatic N) is 2. The summed E-state index contributed by atoms with van der Waals surface area (Å²) in [6.45, 7) is 7.96. The second-order valence-electron chi connectivity index (χ2n) is 8.45. The van der Waals surface area contributed by atoms with Crippen molar-refractivity contribution >= 4 is 0 Å². The van der Waals surface area contributed by atoms with Crippen molar-refractivity contribution in [1.29, 1.82) is 0 Å². The van der Waals surface area contributed by atoms with Crippen molar-refractivity contribution in [3.8, 4) is 0 Å². The lowest BCUT2D eigenvalue weighted by molar-refractivity contribution is -0.0756. The molecule has 4 heterocycles. The Labute approximate surface area is 163 Å². The maximum Gasteiger partial charge on any atom is 0.0736 e. The first-order valence-corrected chi connectivity index (χ1v) is 10.7. The fourth-order valence-corrected chi connectivity index (χ4v) is 5.05. The maximum atomic E-state index is 6.34. The minimum atomic E-state index is 0.117. The van der Waals surface area contributed by atoms with E-state index >= 15 is 0 Å². The summed E-state index contributed by atoms with van der Waals surface area (Å²) >= 11 is 0. The molecular formula is C22H34N2O3. The smallest absolute Gasteiger partial charge is 0.0736 e. The third-order valence-electron chi connectivity index (χ3n) is 6.79. The lowest BCUT2D eigenvalue weighted by Gasteiger charge is -2.43. The van der Waals surface area contributed by atoms with Gasteiger partial charge in [-0.1, -0.05) is 0 Å². The summed E-state index contributed by atoms with van der Waals surface area (Å²) in [6, 6.07) is 4.04. The third kappa shape index (κ3) is 5.08. The number of piperidine rings is 1. The van der Waals surface area contributed by atoms with Crippen LogP contribution in [0.4, 0.5) is 0 Å². The largest absolute Gasteiger partial charge is 0.381 e. The average molecular weight is 375 g/mol. The van der Waals surface area contributed by atoms with E-state index in [0.29, 0.717) is 12.5 Å². The molecule has 0 aliphatic carbocycles. The van der Waals surface area contributed by atoms with E-state index in [1.165, 1.54) is 57.3 Å². The Hall–Kier alpha value is -1.01. The monoisotopic (exact) mass is 374 g/mol. The topological polar surface area (TPSA) is 43.8 Å². The molecule has 4 rings (SSSR count). The normalized spacial score (nSPS) is 26.6. The third-order valence-corrected chi connectivity index (χ3v) is 6.79. The van der Waals surface area contributed by atoms with Crippen LogP contribution < -0.4 is 0 Å². The quantitative estimate of drug-likeness (QED) is 0.685. The van der Waals surface area contributed by atoms with E-state index in [9.17, 15) is 0 Å². The van der Waals surface area contributed by atoms with Gasteiger partial charge < -0.3 is 19.1 Å². The highest BCUT2D eigenvalue weighted by Gasteiger charge is 2.45. The highest BCUT2D eigenvalue weighted by atomic mass is 16.5. The zero-order valence-electron chi connectivity index (χ0n) is 16.5. The van der Waals surface area contributed by atoms with Gasteiger partial charge in [-0.2, -0.15) is 0 Å². The molecule has 0 saturated carbocycles. The summed E-state index contributed by atoms with van der Waals surface area (Å²) < 4.78 is 17.8. The van der Waals surface area contributed by atoms with Crippen molar-refractivity contribution in [2.24, 2.45) is 11.8 Å². The van der Waals surface area contributed by atoms with Gasteiger partial charge in [-0.05, 0) is 68.1 Å². The number of ether oxygens (including phenoxy) is 3. The van der Waals surface area contributed by atoms with Gasteiger partial charge in [-0.3, -0.25) is 4.98 Å². The number of aromatic nitrogens is 1. The Morgan fingerprint density at radius 3 is 2.63 bits per heavy atom. The number of likely N-dealkylation sites (tertiary alicyclic amines) is 1. The SMILES string of the molecule is c1cc(COCC[C@@H]2CCOC23CCN(CC2CCOCC2)CC3)ccn1. The summed E-state index contributed by atoms with van der Waals surface area (Å²) in [7, 11) is 0. The molecule has 150 valence electrons. The van der Waals surface area contributed by atoms with E-state index in [1.54, 1.807) is 0 Å². The van der Waals surface area contributed by atoms with E-state index in [1.807, 2.05) is 24.5 Å². The zero-order chi connectivity index (χ0) is 18.4.